The lowest BCUT2D eigenvalue weighted by Crippen LogP contribution is -2.25. The number of aliphatic hydroxyl groups is 1. The van der Waals surface area contributed by atoms with Crippen LogP contribution in [0.4, 0.5) is 0 Å². The first kappa shape index (κ1) is 8.92. The molecule has 0 spiro atoms. The largest absolute Gasteiger partial charge is 0.392 e. The van der Waals surface area contributed by atoms with Crippen molar-refractivity contribution in [2.24, 2.45) is 11.1 Å². The minimum Gasteiger partial charge on any atom is -0.392 e. The van der Waals surface area contributed by atoms with Gasteiger partial charge in [0.15, 0.2) is 0 Å². The van der Waals surface area contributed by atoms with Crippen molar-refractivity contribution in [1.29, 1.82) is 0 Å². The Morgan fingerprint density at radius 3 is 2.00 bits per heavy atom. The Morgan fingerprint density at radius 1 is 1.44 bits per heavy atom. The van der Waals surface area contributed by atoms with Gasteiger partial charge in [-0.2, -0.15) is 0 Å². The molecule has 0 aromatic carbocycles. The average Bonchev–Trinajstić information content (AvgIpc) is 1.62. The van der Waals surface area contributed by atoms with Gasteiger partial charge in [0.05, 0.1) is 6.10 Å². The summed E-state index contributed by atoms with van der Waals surface area (Å²) >= 11 is 0. The van der Waals surface area contributed by atoms with Gasteiger partial charge in [-0.15, -0.1) is 0 Å². The third kappa shape index (κ3) is 5.80. The Bertz CT molecular complexity index is 75.5. The van der Waals surface area contributed by atoms with Gasteiger partial charge < -0.3 is 10.8 Å². The van der Waals surface area contributed by atoms with Gasteiger partial charge in [-0.3, -0.25) is 0 Å². The van der Waals surface area contributed by atoms with Crippen molar-refractivity contribution in [1.82, 2.24) is 0 Å². The molecule has 1 unspecified atom stereocenters. The van der Waals surface area contributed by atoms with Crippen LogP contribution in [0.15, 0.2) is 0 Å². The molecule has 2 nitrogen and oxygen atoms in total. The van der Waals surface area contributed by atoms with Gasteiger partial charge in [-0.25, -0.2) is 0 Å². The second kappa shape index (κ2) is 3.18. The van der Waals surface area contributed by atoms with E-state index >= 15 is 0 Å². The van der Waals surface area contributed by atoms with Crippen molar-refractivity contribution in [2.75, 3.05) is 6.54 Å². The summed E-state index contributed by atoms with van der Waals surface area (Å²) < 4.78 is 0. The molecular formula is C7H17NO. The first-order valence-corrected chi connectivity index (χ1v) is 3.34. The maximum atomic E-state index is 9.07. The van der Waals surface area contributed by atoms with Crippen LogP contribution in [0.25, 0.3) is 0 Å². The second-order valence-electron chi connectivity index (χ2n) is 3.65. The van der Waals surface area contributed by atoms with Crippen molar-refractivity contribution in [3.05, 3.63) is 0 Å². The van der Waals surface area contributed by atoms with E-state index in [9.17, 15) is 0 Å². The fourth-order valence-corrected chi connectivity index (χ4v) is 0.790. The smallest absolute Gasteiger partial charge is 0.0667 e. The highest BCUT2D eigenvalue weighted by atomic mass is 16.3. The topological polar surface area (TPSA) is 46.2 Å². The molecule has 0 fully saturated rings. The van der Waals surface area contributed by atoms with E-state index in [0.717, 1.165) is 6.42 Å². The summed E-state index contributed by atoms with van der Waals surface area (Å²) in [6.07, 6.45) is 0.453. The lowest BCUT2D eigenvalue weighted by atomic mass is 9.89. The molecule has 0 rings (SSSR count). The molecule has 56 valence electrons. The van der Waals surface area contributed by atoms with E-state index in [0.29, 0.717) is 6.54 Å². The maximum absolute atomic E-state index is 9.07. The van der Waals surface area contributed by atoms with E-state index in [1.807, 2.05) is 0 Å². The van der Waals surface area contributed by atoms with Crippen LogP contribution in [0.5, 0.6) is 0 Å². The molecular weight excluding hydrogens is 114 g/mol. The minimum absolute atomic E-state index is 0.193. The molecule has 0 saturated heterocycles. The van der Waals surface area contributed by atoms with Crippen LogP contribution in [0.1, 0.15) is 27.2 Å². The van der Waals surface area contributed by atoms with Gasteiger partial charge in [-0.1, -0.05) is 20.8 Å². The van der Waals surface area contributed by atoms with E-state index in [2.05, 4.69) is 20.8 Å². The lowest BCUT2D eigenvalue weighted by Gasteiger charge is -2.20. The second-order valence-corrected chi connectivity index (χ2v) is 3.65. The normalized spacial score (nSPS) is 15.7. The Morgan fingerprint density at radius 2 is 1.89 bits per heavy atom. The fraction of sp³-hybridized carbons (Fsp3) is 1.00. The van der Waals surface area contributed by atoms with E-state index < -0.39 is 0 Å². The SMILES string of the molecule is CC(C)(C)CC(O)CN. The molecule has 0 saturated carbocycles. The van der Waals surface area contributed by atoms with Gasteiger partial charge in [-0.05, 0) is 11.8 Å². The summed E-state index contributed by atoms with van der Waals surface area (Å²) in [4.78, 5) is 0. The highest BCUT2D eigenvalue weighted by Gasteiger charge is 2.14. The number of nitrogens with two attached hydrogens (primary N) is 1. The molecule has 0 aromatic heterocycles. The molecule has 9 heavy (non-hydrogen) atoms. The third-order valence-electron chi connectivity index (χ3n) is 1.12. The number of hydrogen-bond acceptors (Lipinski definition) is 2. The van der Waals surface area contributed by atoms with Crippen molar-refractivity contribution in [2.45, 2.75) is 33.3 Å². The molecule has 0 aromatic rings. The summed E-state index contributed by atoms with van der Waals surface area (Å²) in [5.41, 5.74) is 5.42. The van der Waals surface area contributed by atoms with E-state index in [1.54, 1.807) is 0 Å². The standard InChI is InChI=1S/C7H17NO/c1-7(2,3)4-6(9)5-8/h6,9H,4-5,8H2,1-3H3. The van der Waals surface area contributed by atoms with Crippen LogP contribution < -0.4 is 5.73 Å². The first-order valence-electron chi connectivity index (χ1n) is 3.34. The molecule has 0 aliphatic carbocycles. The van der Waals surface area contributed by atoms with E-state index in [4.69, 9.17) is 10.8 Å². The van der Waals surface area contributed by atoms with Crippen LogP contribution in [0.2, 0.25) is 0 Å². The van der Waals surface area contributed by atoms with Gasteiger partial charge in [0, 0.05) is 6.54 Å². The van der Waals surface area contributed by atoms with Crippen molar-refractivity contribution >= 4 is 0 Å². The summed E-state index contributed by atoms with van der Waals surface area (Å²) in [5.74, 6) is 0. The van der Waals surface area contributed by atoms with Crippen LogP contribution in [-0.4, -0.2) is 17.8 Å². The molecule has 0 bridgehead atoms. The highest BCUT2D eigenvalue weighted by Crippen LogP contribution is 2.19. The van der Waals surface area contributed by atoms with Crippen LogP contribution in [-0.2, 0) is 0 Å². The summed E-state index contributed by atoms with van der Waals surface area (Å²) in [6, 6.07) is 0. The van der Waals surface area contributed by atoms with Crippen LogP contribution >= 0.6 is 0 Å². The molecule has 0 aliphatic heterocycles. The van der Waals surface area contributed by atoms with Crippen LogP contribution in [0.3, 0.4) is 0 Å². The molecule has 3 N–H and O–H groups in total. The molecule has 2 heteroatoms. The Kier molecular flexibility index (Phi) is 3.15. The molecule has 0 radical (unpaired) electrons. The lowest BCUT2D eigenvalue weighted by molar-refractivity contribution is 0.128. The number of rotatable bonds is 2. The predicted molar refractivity (Wildman–Crippen MR) is 39.1 cm³/mol. The van der Waals surface area contributed by atoms with Gasteiger partial charge >= 0.3 is 0 Å². The third-order valence-corrected chi connectivity index (χ3v) is 1.12. The average molecular weight is 131 g/mol. The zero-order valence-electron chi connectivity index (χ0n) is 6.52. The maximum Gasteiger partial charge on any atom is 0.0667 e. The van der Waals surface area contributed by atoms with Gasteiger partial charge in [0.25, 0.3) is 0 Å². The van der Waals surface area contributed by atoms with E-state index in [-0.39, 0.29) is 11.5 Å². The molecule has 1 atom stereocenters. The highest BCUT2D eigenvalue weighted by molar-refractivity contribution is 4.67. The van der Waals surface area contributed by atoms with Crippen LogP contribution in [0, 0.1) is 5.41 Å². The molecule has 0 amide bonds. The summed E-state index contributed by atoms with van der Waals surface area (Å²) in [6.45, 7) is 6.64. The van der Waals surface area contributed by atoms with Gasteiger partial charge in [0.2, 0.25) is 0 Å². The fourth-order valence-electron chi connectivity index (χ4n) is 0.790. The quantitative estimate of drug-likeness (QED) is 0.580. The molecule has 0 heterocycles. The molecule has 0 aliphatic rings. The first-order chi connectivity index (χ1) is 3.95. The Hall–Kier alpha value is -0.0800. The Labute approximate surface area is 57.1 Å². The summed E-state index contributed by atoms with van der Waals surface area (Å²) in [5, 5.41) is 9.07. The number of hydrogen-bond donors (Lipinski definition) is 2. The van der Waals surface area contributed by atoms with Crippen molar-refractivity contribution < 1.29 is 5.11 Å². The van der Waals surface area contributed by atoms with E-state index in [1.165, 1.54) is 0 Å². The Balaban J connectivity index is 3.47. The van der Waals surface area contributed by atoms with Crippen molar-refractivity contribution in [3.63, 3.8) is 0 Å². The summed E-state index contributed by atoms with van der Waals surface area (Å²) in [7, 11) is 0. The zero-order chi connectivity index (χ0) is 7.49. The monoisotopic (exact) mass is 131 g/mol. The van der Waals surface area contributed by atoms with Gasteiger partial charge in [0.1, 0.15) is 0 Å². The predicted octanol–water partition coefficient (Wildman–Crippen LogP) is 0.742. The number of aliphatic hydroxyl groups excluding tert-OH is 1. The zero-order valence-corrected chi connectivity index (χ0v) is 6.52. The van der Waals surface area contributed by atoms with Crippen molar-refractivity contribution in [3.8, 4) is 0 Å². The minimum atomic E-state index is -0.329.